The molecule has 0 atom stereocenters. The predicted octanol–water partition coefficient (Wildman–Crippen LogP) is 3.69. The van der Waals surface area contributed by atoms with E-state index in [0.29, 0.717) is 40.6 Å². The Bertz CT molecular complexity index is 1100. The quantitative estimate of drug-likeness (QED) is 0.693. The van der Waals surface area contributed by atoms with Crippen LogP contribution in [0.15, 0.2) is 42.5 Å². The summed E-state index contributed by atoms with van der Waals surface area (Å²) in [5.41, 5.74) is 4.08. The number of ether oxygens (including phenoxy) is 2. The highest BCUT2D eigenvalue weighted by molar-refractivity contribution is 6.05. The first-order valence-corrected chi connectivity index (χ1v) is 9.03. The minimum Gasteiger partial charge on any atom is -0.493 e. The Kier molecular flexibility index (Phi) is 5.84. The number of aromatic nitrogens is 2. The average molecular weight is 390 g/mol. The molecule has 3 aromatic rings. The zero-order chi connectivity index (χ0) is 21.0. The molecule has 0 saturated carbocycles. The molecule has 3 rings (SSSR count). The second-order valence-corrected chi connectivity index (χ2v) is 6.54. The second-order valence-electron chi connectivity index (χ2n) is 6.54. The van der Waals surface area contributed by atoms with Crippen molar-refractivity contribution in [1.82, 2.24) is 9.78 Å². The molecule has 7 heteroatoms. The summed E-state index contributed by atoms with van der Waals surface area (Å²) in [6.07, 6.45) is 0. The maximum atomic E-state index is 12.6. The summed E-state index contributed by atoms with van der Waals surface area (Å²) in [4.78, 5) is 12.6. The van der Waals surface area contributed by atoms with Crippen molar-refractivity contribution in [3.05, 3.63) is 70.5 Å². The molecule has 0 unspecified atom stereocenters. The normalized spacial score (nSPS) is 10.3. The molecule has 0 saturated heterocycles. The van der Waals surface area contributed by atoms with Crippen molar-refractivity contribution < 1.29 is 14.3 Å². The maximum Gasteiger partial charge on any atom is 0.255 e. The standard InChI is InChI=1S/C22H22N4O3/c1-14-21(24-22(27)18-7-5-6-16(10-18)12-23)15(2)26(25-14)13-17-8-9-19(28-3)20(11-17)29-4/h5-11H,13H2,1-4H3,(H,24,27). The SMILES string of the molecule is COc1ccc(Cn2nc(C)c(NC(=O)c3cccc(C#N)c3)c2C)cc1OC. The highest BCUT2D eigenvalue weighted by Crippen LogP contribution is 2.28. The van der Waals surface area contributed by atoms with Crippen LogP contribution in [0.25, 0.3) is 0 Å². The minimum atomic E-state index is -0.279. The van der Waals surface area contributed by atoms with E-state index in [9.17, 15) is 4.79 Å². The number of hydrogen-bond donors (Lipinski definition) is 1. The van der Waals surface area contributed by atoms with Crippen molar-refractivity contribution in [3.8, 4) is 17.6 Å². The van der Waals surface area contributed by atoms with Crippen LogP contribution in [0.5, 0.6) is 11.5 Å². The Labute approximate surface area is 169 Å². The Morgan fingerprint density at radius 1 is 1.14 bits per heavy atom. The number of nitriles is 1. The average Bonchev–Trinajstić information content (AvgIpc) is 3.00. The first-order valence-electron chi connectivity index (χ1n) is 9.03. The van der Waals surface area contributed by atoms with Crippen LogP contribution in [-0.2, 0) is 6.54 Å². The lowest BCUT2D eigenvalue weighted by Crippen LogP contribution is -2.13. The van der Waals surface area contributed by atoms with E-state index < -0.39 is 0 Å². The third-order valence-electron chi connectivity index (χ3n) is 4.65. The van der Waals surface area contributed by atoms with Gasteiger partial charge in [-0.2, -0.15) is 10.4 Å². The monoisotopic (exact) mass is 390 g/mol. The minimum absolute atomic E-state index is 0.279. The number of amides is 1. The van der Waals surface area contributed by atoms with E-state index in [0.717, 1.165) is 11.3 Å². The van der Waals surface area contributed by atoms with Gasteiger partial charge in [0.25, 0.3) is 5.91 Å². The molecule has 0 fully saturated rings. The summed E-state index contributed by atoms with van der Waals surface area (Å²) in [7, 11) is 3.19. The smallest absolute Gasteiger partial charge is 0.255 e. The fourth-order valence-electron chi connectivity index (χ4n) is 3.10. The zero-order valence-electron chi connectivity index (χ0n) is 16.8. The number of anilines is 1. The molecule has 1 heterocycles. The maximum absolute atomic E-state index is 12.6. The molecule has 7 nitrogen and oxygen atoms in total. The van der Waals surface area contributed by atoms with Gasteiger partial charge in [-0.25, -0.2) is 0 Å². The molecule has 0 spiro atoms. The summed E-state index contributed by atoms with van der Waals surface area (Å²) in [6.45, 7) is 4.27. The summed E-state index contributed by atoms with van der Waals surface area (Å²) in [5, 5.41) is 16.5. The third kappa shape index (κ3) is 4.22. The molecule has 0 aliphatic carbocycles. The second kappa shape index (κ2) is 8.48. The predicted molar refractivity (Wildman–Crippen MR) is 109 cm³/mol. The van der Waals surface area contributed by atoms with E-state index in [1.165, 1.54) is 0 Å². The number of carbonyl (C=O) groups excluding carboxylic acids is 1. The van der Waals surface area contributed by atoms with E-state index in [-0.39, 0.29) is 5.91 Å². The van der Waals surface area contributed by atoms with E-state index in [1.54, 1.807) is 38.5 Å². The number of hydrogen-bond acceptors (Lipinski definition) is 5. The van der Waals surface area contributed by atoms with Gasteiger partial charge in [-0.3, -0.25) is 9.48 Å². The fraction of sp³-hybridized carbons (Fsp3) is 0.227. The lowest BCUT2D eigenvalue weighted by Gasteiger charge is -2.11. The van der Waals surface area contributed by atoms with Crippen LogP contribution in [0.1, 0.15) is 32.9 Å². The van der Waals surface area contributed by atoms with E-state index >= 15 is 0 Å². The first kappa shape index (κ1) is 20.0. The lowest BCUT2D eigenvalue weighted by molar-refractivity contribution is 0.102. The van der Waals surface area contributed by atoms with Crippen molar-refractivity contribution in [2.24, 2.45) is 0 Å². The molecule has 0 aliphatic heterocycles. The lowest BCUT2D eigenvalue weighted by atomic mass is 10.1. The van der Waals surface area contributed by atoms with Gasteiger partial charge < -0.3 is 14.8 Å². The van der Waals surface area contributed by atoms with Crippen LogP contribution in [0, 0.1) is 25.2 Å². The fourth-order valence-corrected chi connectivity index (χ4v) is 3.10. The van der Waals surface area contributed by atoms with E-state index in [1.807, 2.05) is 42.8 Å². The van der Waals surface area contributed by atoms with Gasteiger partial charge in [0.15, 0.2) is 11.5 Å². The van der Waals surface area contributed by atoms with Gasteiger partial charge >= 0.3 is 0 Å². The molecule has 29 heavy (non-hydrogen) atoms. The number of rotatable bonds is 6. The summed E-state index contributed by atoms with van der Waals surface area (Å²) < 4.78 is 12.5. The highest BCUT2D eigenvalue weighted by atomic mass is 16.5. The van der Waals surface area contributed by atoms with Gasteiger partial charge in [0.2, 0.25) is 0 Å². The van der Waals surface area contributed by atoms with Gasteiger partial charge in [-0.05, 0) is 49.7 Å². The molecule has 1 N–H and O–H groups in total. The van der Waals surface area contributed by atoms with Gasteiger partial charge in [-0.15, -0.1) is 0 Å². The molecule has 2 aromatic carbocycles. The summed E-state index contributed by atoms with van der Waals surface area (Å²) in [5.74, 6) is 1.04. The molecular formula is C22H22N4O3. The van der Waals surface area contributed by atoms with Crippen LogP contribution in [-0.4, -0.2) is 29.9 Å². The van der Waals surface area contributed by atoms with Crippen LogP contribution >= 0.6 is 0 Å². The van der Waals surface area contributed by atoms with Crippen molar-refractivity contribution in [2.45, 2.75) is 20.4 Å². The molecule has 0 aliphatic rings. The number of carbonyl (C=O) groups is 1. The molecule has 0 radical (unpaired) electrons. The Morgan fingerprint density at radius 2 is 1.90 bits per heavy atom. The number of nitrogens with one attached hydrogen (secondary N) is 1. The number of benzene rings is 2. The van der Waals surface area contributed by atoms with Gasteiger partial charge in [0.05, 0.1) is 49.5 Å². The molecule has 1 amide bonds. The van der Waals surface area contributed by atoms with Gasteiger partial charge in [-0.1, -0.05) is 12.1 Å². The van der Waals surface area contributed by atoms with Gasteiger partial charge in [0, 0.05) is 5.56 Å². The molecule has 1 aromatic heterocycles. The summed E-state index contributed by atoms with van der Waals surface area (Å²) in [6, 6.07) is 14.3. The van der Waals surface area contributed by atoms with Crippen molar-refractivity contribution in [2.75, 3.05) is 19.5 Å². The zero-order valence-corrected chi connectivity index (χ0v) is 16.8. The summed E-state index contributed by atoms with van der Waals surface area (Å²) >= 11 is 0. The van der Waals surface area contributed by atoms with Crippen molar-refractivity contribution in [3.63, 3.8) is 0 Å². The third-order valence-corrected chi connectivity index (χ3v) is 4.65. The Hall–Kier alpha value is -3.79. The largest absolute Gasteiger partial charge is 0.493 e. The number of nitrogens with zero attached hydrogens (tertiary/aromatic N) is 3. The number of aryl methyl sites for hydroxylation is 1. The van der Waals surface area contributed by atoms with Crippen molar-refractivity contribution in [1.29, 1.82) is 5.26 Å². The number of methoxy groups -OCH3 is 2. The van der Waals surface area contributed by atoms with E-state index in [4.69, 9.17) is 14.7 Å². The van der Waals surface area contributed by atoms with Crippen LogP contribution in [0.2, 0.25) is 0 Å². The Balaban J connectivity index is 1.83. The Morgan fingerprint density at radius 3 is 2.59 bits per heavy atom. The topological polar surface area (TPSA) is 89.2 Å². The van der Waals surface area contributed by atoms with Crippen LogP contribution < -0.4 is 14.8 Å². The van der Waals surface area contributed by atoms with E-state index in [2.05, 4.69) is 10.4 Å². The van der Waals surface area contributed by atoms with Crippen LogP contribution in [0.3, 0.4) is 0 Å². The molecular weight excluding hydrogens is 368 g/mol. The van der Waals surface area contributed by atoms with Crippen LogP contribution in [0.4, 0.5) is 5.69 Å². The van der Waals surface area contributed by atoms with Crippen molar-refractivity contribution >= 4 is 11.6 Å². The van der Waals surface area contributed by atoms with Gasteiger partial charge in [0.1, 0.15) is 0 Å². The first-order chi connectivity index (χ1) is 14.0. The molecule has 0 bridgehead atoms. The molecule has 148 valence electrons. The highest BCUT2D eigenvalue weighted by Gasteiger charge is 2.16.